The van der Waals surface area contributed by atoms with Crippen molar-refractivity contribution in [2.75, 3.05) is 5.32 Å². The van der Waals surface area contributed by atoms with E-state index in [1.54, 1.807) is 11.3 Å². The summed E-state index contributed by atoms with van der Waals surface area (Å²) >= 11 is 1.74. The Morgan fingerprint density at radius 2 is 1.94 bits per heavy atom. The first-order chi connectivity index (χ1) is 8.24. The van der Waals surface area contributed by atoms with Crippen LogP contribution in [0.4, 0.5) is 5.13 Å². The summed E-state index contributed by atoms with van der Waals surface area (Å²) in [6.07, 6.45) is 2.44. The van der Waals surface area contributed by atoms with Crippen LogP contribution in [0.1, 0.15) is 33.6 Å². The fourth-order valence-electron chi connectivity index (χ4n) is 2.24. The third-order valence-corrected chi connectivity index (χ3v) is 4.37. The van der Waals surface area contributed by atoms with Crippen LogP contribution >= 0.6 is 11.3 Å². The highest BCUT2D eigenvalue weighted by Crippen LogP contribution is 2.27. The molecule has 2 nitrogen and oxygen atoms in total. The molecule has 0 amide bonds. The quantitative estimate of drug-likeness (QED) is 0.840. The number of hydrogen-bond acceptors (Lipinski definition) is 3. The van der Waals surface area contributed by atoms with E-state index in [1.165, 1.54) is 17.5 Å². The number of thiazole rings is 1. The van der Waals surface area contributed by atoms with Crippen molar-refractivity contribution in [3.8, 4) is 0 Å². The Balaban J connectivity index is 2.12. The highest BCUT2D eigenvalue weighted by molar-refractivity contribution is 7.22. The molecule has 0 aliphatic carbocycles. The summed E-state index contributed by atoms with van der Waals surface area (Å²) in [7, 11) is 0. The smallest absolute Gasteiger partial charge is 0.184 e. The maximum absolute atomic E-state index is 4.61. The van der Waals surface area contributed by atoms with Crippen LogP contribution in [0, 0.1) is 5.92 Å². The lowest BCUT2D eigenvalue weighted by Gasteiger charge is -2.21. The van der Waals surface area contributed by atoms with Gasteiger partial charge in [0.05, 0.1) is 10.2 Å². The van der Waals surface area contributed by atoms with E-state index in [-0.39, 0.29) is 0 Å². The second-order valence-electron chi connectivity index (χ2n) is 4.50. The summed E-state index contributed by atoms with van der Waals surface area (Å²) in [5.41, 5.74) is 1.09. The molecule has 2 rings (SSSR count). The van der Waals surface area contributed by atoms with E-state index < -0.39 is 0 Å². The highest BCUT2D eigenvalue weighted by Gasteiger charge is 2.14. The van der Waals surface area contributed by atoms with Gasteiger partial charge < -0.3 is 5.32 Å². The largest absolute Gasteiger partial charge is 0.359 e. The summed E-state index contributed by atoms with van der Waals surface area (Å²) in [6, 6.07) is 8.79. The number of fused-ring (bicyclic) bond motifs is 1. The number of nitrogens with one attached hydrogen (secondary N) is 1. The second kappa shape index (κ2) is 5.50. The van der Waals surface area contributed by atoms with Gasteiger partial charge >= 0.3 is 0 Å². The molecular formula is C14H20N2S. The molecule has 92 valence electrons. The Morgan fingerprint density at radius 1 is 1.24 bits per heavy atom. The zero-order valence-electron chi connectivity index (χ0n) is 10.7. The highest BCUT2D eigenvalue weighted by atomic mass is 32.1. The number of aromatic nitrogens is 1. The van der Waals surface area contributed by atoms with Crippen LogP contribution in [0.5, 0.6) is 0 Å². The molecular weight excluding hydrogens is 228 g/mol. The monoisotopic (exact) mass is 248 g/mol. The van der Waals surface area contributed by atoms with E-state index in [9.17, 15) is 0 Å². The van der Waals surface area contributed by atoms with Crippen molar-refractivity contribution < 1.29 is 0 Å². The first kappa shape index (κ1) is 12.4. The standard InChI is InChI=1S/C14H20N2S/c1-4-11(5-2)10(3)15-14-16-12-8-6-7-9-13(12)17-14/h6-11H,4-5H2,1-3H3,(H,15,16). The molecule has 1 aromatic heterocycles. The molecule has 0 saturated carbocycles. The van der Waals surface area contributed by atoms with Crippen LogP contribution in [0.3, 0.4) is 0 Å². The van der Waals surface area contributed by atoms with Crippen LogP contribution < -0.4 is 5.32 Å². The van der Waals surface area contributed by atoms with Crippen molar-refractivity contribution in [1.82, 2.24) is 4.98 Å². The lowest BCUT2D eigenvalue weighted by atomic mass is 9.96. The molecule has 0 aliphatic rings. The summed E-state index contributed by atoms with van der Waals surface area (Å²) < 4.78 is 1.26. The summed E-state index contributed by atoms with van der Waals surface area (Å²) in [4.78, 5) is 4.61. The zero-order valence-corrected chi connectivity index (χ0v) is 11.6. The van der Waals surface area contributed by atoms with Crippen molar-refractivity contribution >= 4 is 26.7 Å². The third kappa shape index (κ3) is 2.78. The molecule has 0 spiro atoms. The van der Waals surface area contributed by atoms with Crippen molar-refractivity contribution in [3.05, 3.63) is 24.3 Å². The normalized spacial score (nSPS) is 13.2. The lowest BCUT2D eigenvalue weighted by molar-refractivity contribution is 0.438. The number of rotatable bonds is 5. The molecule has 1 unspecified atom stereocenters. The zero-order chi connectivity index (χ0) is 12.3. The number of para-hydroxylation sites is 1. The molecule has 17 heavy (non-hydrogen) atoms. The van der Waals surface area contributed by atoms with E-state index in [0.29, 0.717) is 6.04 Å². The predicted octanol–water partition coefficient (Wildman–Crippen LogP) is 4.53. The van der Waals surface area contributed by atoms with Gasteiger partial charge in [0, 0.05) is 6.04 Å². The molecule has 1 heterocycles. The Morgan fingerprint density at radius 3 is 2.59 bits per heavy atom. The Bertz CT molecular complexity index is 441. The molecule has 0 saturated heterocycles. The number of nitrogens with zero attached hydrogens (tertiary/aromatic N) is 1. The van der Waals surface area contributed by atoms with Crippen LogP contribution in [0.2, 0.25) is 0 Å². The lowest BCUT2D eigenvalue weighted by Crippen LogP contribution is -2.24. The molecule has 0 fully saturated rings. The van der Waals surface area contributed by atoms with Gasteiger partial charge in [-0.05, 0) is 25.0 Å². The minimum absolute atomic E-state index is 0.491. The van der Waals surface area contributed by atoms with E-state index in [0.717, 1.165) is 16.6 Å². The van der Waals surface area contributed by atoms with Crippen LogP contribution in [0.15, 0.2) is 24.3 Å². The van der Waals surface area contributed by atoms with Gasteiger partial charge in [-0.25, -0.2) is 4.98 Å². The Kier molecular flexibility index (Phi) is 4.00. The fourth-order valence-corrected chi connectivity index (χ4v) is 3.20. The topological polar surface area (TPSA) is 24.9 Å². The average Bonchev–Trinajstić information content (AvgIpc) is 2.72. The van der Waals surface area contributed by atoms with Gasteiger partial charge in [0.1, 0.15) is 0 Å². The van der Waals surface area contributed by atoms with Gasteiger partial charge in [-0.3, -0.25) is 0 Å². The minimum atomic E-state index is 0.491. The Labute approximate surface area is 107 Å². The number of anilines is 1. The van der Waals surface area contributed by atoms with Gasteiger partial charge in [-0.1, -0.05) is 50.2 Å². The summed E-state index contributed by atoms with van der Waals surface area (Å²) in [5.74, 6) is 0.724. The summed E-state index contributed by atoms with van der Waals surface area (Å²) in [5, 5.41) is 4.59. The van der Waals surface area contributed by atoms with Gasteiger partial charge in [0.25, 0.3) is 0 Å². The maximum Gasteiger partial charge on any atom is 0.184 e. The van der Waals surface area contributed by atoms with E-state index >= 15 is 0 Å². The number of benzene rings is 1. The maximum atomic E-state index is 4.61. The van der Waals surface area contributed by atoms with Crippen molar-refractivity contribution in [2.45, 2.75) is 39.7 Å². The molecule has 1 N–H and O–H groups in total. The minimum Gasteiger partial charge on any atom is -0.359 e. The first-order valence-electron chi connectivity index (χ1n) is 6.36. The SMILES string of the molecule is CCC(CC)C(C)Nc1nc2ccccc2s1. The first-order valence-corrected chi connectivity index (χ1v) is 7.18. The predicted molar refractivity (Wildman–Crippen MR) is 76.8 cm³/mol. The van der Waals surface area contributed by atoms with Crippen LogP contribution in [0.25, 0.3) is 10.2 Å². The summed E-state index contributed by atoms with van der Waals surface area (Å²) in [6.45, 7) is 6.76. The molecule has 3 heteroatoms. The molecule has 2 aromatic rings. The van der Waals surface area contributed by atoms with E-state index in [2.05, 4.69) is 49.3 Å². The fraction of sp³-hybridized carbons (Fsp3) is 0.500. The van der Waals surface area contributed by atoms with E-state index in [4.69, 9.17) is 0 Å². The van der Waals surface area contributed by atoms with E-state index in [1.807, 2.05) is 6.07 Å². The third-order valence-electron chi connectivity index (χ3n) is 3.40. The average molecular weight is 248 g/mol. The molecule has 0 aliphatic heterocycles. The van der Waals surface area contributed by atoms with Crippen molar-refractivity contribution in [1.29, 1.82) is 0 Å². The molecule has 0 bridgehead atoms. The van der Waals surface area contributed by atoms with Crippen molar-refractivity contribution in [2.24, 2.45) is 5.92 Å². The van der Waals surface area contributed by atoms with Crippen LogP contribution in [-0.4, -0.2) is 11.0 Å². The van der Waals surface area contributed by atoms with Gasteiger partial charge in [-0.2, -0.15) is 0 Å². The molecule has 0 radical (unpaired) electrons. The second-order valence-corrected chi connectivity index (χ2v) is 5.53. The van der Waals surface area contributed by atoms with Gasteiger partial charge in [0.15, 0.2) is 5.13 Å². The Hall–Kier alpha value is -1.09. The van der Waals surface area contributed by atoms with Crippen LogP contribution in [-0.2, 0) is 0 Å². The van der Waals surface area contributed by atoms with Gasteiger partial charge in [-0.15, -0.1) is 0 Å². The van der Waals surface area contributed by atoms with Gasteiger partial charge in [0.2, 0.25) is 0 Å². The molecule has 1 aromatic carbocycles. The molecule has 1 atom stereocenters. The van der Waals surface area contributed by atoms with Crippen molar-refractivity contribution in [3.63, 3.8) is 0 Å². The number of hydrogen-bond donors (Lipinski definition) is 1.